The van der Waals surface area contributed by atoms with E-state index < -0.39 is 0 Å². The van der Waals surface area contributed by atoms with Crippen LogP contribution in [-0.2, 0) is 0 Å². The first-order valence-electron chi connectivity index (χ1n) is 4.46. The normalized spacial score (nSPS) is 19.0. The van der Waals surface area contributed by atoms with Gasteiger partial charge >= 0.3 is 0 Å². The monoisotopic (exact) mass is 152 g/mol. The fourth-order valence-corrected chi connectivity index (χ4v) is 1.21. The van der Waals surface area contributed by atoms with Gasteiger partial charge in [0.05, 0.1) is 0 Å². The Bertz CT molecular complexity index is 139. The molecule has 0 nitrogen and oxygen atoms in total. The van der Waals surface area contributed by atoms with Gasteiger partial charge in [0.1, 0.15) is 0 Å². The van der Waals surface area contributed by atoms with E-state index in [1.54, 1.807) is 0 Å². The van der Waals surface area contributed by atoms with E-state index in [-0.39, 0.29) is 0 Å². The minimum Gasteiger partial charge on any atom is -0.120 e. The van der Waals surface area contributed by atoms with Gasteiger partial charge < -0.3 is 0 Å². The van der Waals surface area contributed by atoms with Crippen molar-refractivity contribution in [2.24, 2.45) is 23.7 Å². The molecule has 0 aromatic heterocycles. The van der Waals surface area contributed by atoms with Crippen LogP contribution in [0.1, 0.15) is 34.6 Å². The number of rotatable bonds is 3. The molecule has 0 fully saturated rings. The first-order valence-corrected chi connectivity index (χ1v) is 4.46. The molecule has 0 radical (unpaired) electrons. The summed E-state index contributed by atoms with van der Waals surface area (Å²) in [7, 11) is 0. The third-order valence-electron chi connectivity index (χ3n) is 2.93. The maximum atomic E-state index is 5.36. The molecule has 0 aliphatic carbocycles. The summed E-state index contributed by atoms with van der Waals surface area (Å²) >= 11 is 0. The van der Waals surface area contributed by atoms with E-state index in [2.05, 4.69) is 40.5 Å². The fourth-order valence-electron chi connectivity index (χ4n) is 1.21. The van der Waals surface area contributed by atoms with Crippen LogP contribution in [0, 0.1) is 36.0 Å². The quantitative estimate of drug-likeness (QED) is 0.545. The van der Waals surface area contributed by atoms with Crippen LogP contribution in [0.2, 0.25) is 0 Å². The second-order valence-electron chi connectivity index (χ2n) is 3.92. The van der Waals surface area contributed by atoms with Gasteiger partial charge in [-0.25, -0.2) is 0 Å². The van der Waals surface area contributed by atoms with E-state index in [1.807, 2.05) is 0 Å². The van der Waals surface area contributed by atoms with Crippen molar-refractivity contribution in [3.63, 3.8) is 0 Å². The second kappa shape index (κ2) is 4.44. The van der Waals surface area contributed by atoms with E-state index in [9.17, 15) is 0 Å². The van der Waals surface area contributed by atoms with Gasteiger partial charge in [-0.1, -0.05) is 34.6 Å². The molecular formula is C11H20. The van der Waals surface area contributed by atoms with Crippen molar-refractivity contribution in [1.82, 2.24) is 0 Å². The van der Waals surface area contributed by atoms with Gasteiger partial charge in [0.2, 0.25) is 0 Å². The molecule has 0 aliphatic rings. The minimum absolute atomic E-state index is 0.410. The van der Waals surface area contributed by atoms with E-state index in [4.69, 9.17) is 6.42 Å². The van der Waals surface area contributed by atoms with Crippen LogP contribution in [0.4, 0.5) is 0 Å². The summed E-state index contributed by atoms with van der Waals surface area (Å²) in [6.45, 7) is 11.2. The molecule has 0 aromatic rings. The molecule has 3 unspecified atom stereocenters. The standard InChI is InChI=1S/C11H20/c1-7-9(4)11(6)10(5)8(2)3/h1,8-11H,2-6H3. The smallest absolute Gasteiger partial charge is 0.0200 e. The Kier molecular flexibility index (Phi) is 4.26. The summed E-state index contributed by atoms with van der Waals surface area (Å²) in [5.74, 6) is 5.31. The third-order valence-corrected chi connectivity index (χ3v) is 2.93. The second-order valence-corrected chi connectivity index (χ2v) is 3.92. The Labute approximate surface area is 71.4 Å². The Morgan fingerprint density at radius 3 is 1.64 bits per heavy atom. The van der Waals surface area contributed by atoms with E-state index >= 15 is 0 Å². The lowest BCUT2D eigenvalue weighted by Gasteiger charge is -2.25. The first kappa shape index (κ1) is 10.6. The number of terminal acetylenes is 1. The van der Waals surface area contributed by atoms with Crippen LogP contribution in [0.25, 0.3) is 0 Å². The summed E-state index contributed by atoms with van der Waals surface area (Å²) in [4.78, 5) is 0. The Morgan fingerprint density at radius 1 is 0.909 bits per heavy atom. The van der Waals surface area contributed by atoms with Crippen molar-refractivity contribution in [2.75, 3.05) is 0 Å². The fraction of sp³-hybridized carbons (Fsp3) is 0.818. The van der Waals surface area contributed by atoms with Gasteiger partial charge in [0, 0.05) is 5.92 Å². The van der Waals surface area contributed by atoms with Crippen LogP contribution in [0.5, 0.6) is 0 Å². The average Bonchev–Trinajstić information content (AvgIpc) is 2.00. The van der Waals surface area contributed by atoms with Crippen molar-refractivity contribution in [3.05, 3.63) is 0 Å². The summed E-state index contributed by atoms with van der Waals surface area (Å²) in [6, 6.07) is 0. The molecule has 0 aromatic carbocycles. The van der Waals surface area contributed by atoms with Crippen LogP contribution >= 0.6 is 0 Å². The van der Waals surface area contributed by atoms with Gasteiger partial charge in [-0.3, -0.25) is 0 Å². The topological polar surface area (TPSA) is 0 Å². The summed E-state index contributed by atoms with van der Waals surface area (Å²) in [5, 5.41) is 0. The summed E-state index contributed by atoms with van der Waals surface area (Å²) in [5.41, 5.74) is 0. The molecule has 3 atom stereocenters. The minimum atomic E-state index is 0.410. The highest BCUT2D eigenvalue weighted by Crippen LogP contribution is 2.25. The highest BCUT2D eigenvalue weighted by atomic mass is 14.2. The van der Waals surface area contributed by atoms with Gasteiger partial charge in [0.15, 0.2) is 0 Å². The first-order chi connectivity index (χ1) is 5.00. The van der Waals surface area contributed by atoms with Crippen molar-refractivity contribution >= 4 is 0 Å². The van der Waals surface area contributed by atoms with Crippen molar-refractivity contribution in [1.29, 1.82) is 0 Å². The van der Waals surface area contributed by atoms with Crippen LogP contribution in [-0.4, -0.2) is 0 Å². The zero-order valence-corrected chi connectivity index (χ0v) is 8.39. The number of hydrogen-bond donors (Lipinski definition) is 0. The molecule has 0 bridgehead atoms. The van der Waals surface area contributed by atoms with E-state index in [1.165, 1.54) is 0 Å². The summed E-state index contributed by atoms with van der Waals surface area (Å²) < 4.78 is 0. The van der Waals surface area contributed by atoms with E-state index in [0.717, 1.165) is 11.8 Å². The third kappa shape index (κ3) is 2.97. The van der Waals surface area contributed by atoms with Gasteiger partial charge in [-0.15, -0.1) is 12.3 Å². The molecule has 0 aliphatic heterocycles. The molecule has 64 valence electrons. The molecule has 0 rings (SSSR count). The zero-order chi connectivity index (χ0) is 9.02. The lowest BCUT2D eigenvalue weighted by atomic mass is 9.79. The average molecular weight is 152 g/mol. The van der Waals surface area contributed by atoms with Crippen LogP contribution in [0.15, 0.2) is 0 Å². The highest BCUT2D eigenvalue weighted by molar-refractivity contribution is 4.94. The van der Waals surface area contributed by atoms with Crippen molar-refractivity contribution in [3.8, 4) is 12.3 Å². The summed E-state index contributed by atoms with van der Waals surface area (Å²) in [6.07, 6.45) is 5.36. The largest absolute Gasteiger partial charge is 0.120 e. The Balaban J connectivity index is 4.03. The molecule has 0 saturated heterocycles. The lowest BCUT2D eigenvalue weighted by Crippen LogP contribution is -2.19. The van der Waals surface area contributed by atoms with Gasteiger partial charge in [0.25, 0.3) is 0 Å². The van der Waals surface area contributed by atoms with Crippen molar-refractivity contribution in [2.45, 2.75) is 34.6 Å². The maximum Gasteiger partial charge on any atom is 0.0200 e. The Hall–Kier alpha value is -0.440. The van der Waals surface area contributed by atoms with Gasteiger partial charge in [-0.05, 0) is 17.8 Å². The van der Waals surface area contributed by atoms with Crippen LogP contribution in [0.3, 0.4) is 0 Å². The molecule has 0 N–H and O–H groups in total. The predicted octanol–water partition coefficient (Wildman–Crippen LogP) is 3.18. The van der Waals surface area contributed by atoms with Crippen LogP contribution < -0.4 is 0 Å². The molecule has 0 spiro atoms. The lowest BCUT2D eigenvalue weighted by molar-refractivity contribution is 0.256. The molecule has 0 heteroatoms. The molecule has 0 heterocycles. The molecular weight excluding hydrogens is 132 g/mol. The van der Waals surface area contributed by atoms with Crippen molar-refractivity contribution < 1.29 is 0 Å². The van der Waals surface area contributed by atoms with E-state index in [0.29, 0.717) is 11.8 Å². The zero-order valence-electron chi connectivity index (χ0n) is 8.39. The van der Waals surface area contributed by atoms with Gasteiger partial charge in [-0.2, -0.15) is 0 Å². The highest BCUT2D eigenvalue weighted by Gasteiger charge is 2.19. The SMILES string of the molecule is C#CC(C)C(C)C(C)C(C)C. The maximum absolute atomic E-state index is 5.36. The Morgan fingerprint density at radius 2 is 1.36 bits per heavy atom. The molecule has 0 saturated carbocycles. The number of hydrogen-bond acceptors (Lipinski definition) is 0. The molecule has 0 amide bonds. The molecule has 11 heavy (non-hydrogen) atoms. The predicted molar refractivity (Wildman–Crippen MR) is 51.2 cm³/mol.